The van der Waals surface area contributed by atoms with E-state index >= 15 is 0 Å². The van der Waals surface area contributed by atoms with Crippen LogP contribution in [0.3, 0.4) is 0 Å². The zero-order chi connectivity index (χ0) is 29.2. The van der Waals surface area contributed by atoms with Gasteiger partial charge in [0.25, 0.3) is 17.7 Å². The van der Waals surface area contributed by atoms with Gasteiger partial charge < -0.3 is 42.7 Å². The number of fused-ring (bicyclic) bond motifs is 1. The van der Waals surface area contributed by atoms with Crippen LogP contribution in [-0.4, -0.2) is 58.7 Å². The molecule has 0 fully saturated rings. The molecular formula is C27H38N10O3. The van der Waals surface area contributed by atoms with Crippen molar-refractivity contribution in [1.29, 1.82) is 5.41 Å². The Hall–Kier alpha value is -4.81. The Morgan fingerprint density at radius 3 is 2.48 bits per heavy atom. The molecule has 0 saturated carbocycles. The standard InChI is InChI=1S/C27H38N10O3/c1-16(2)7-11-37-15-19(14-22(37)26(40)32-8-3-4-23(28)29)35-25(39)21-13-18-12-17(5-6-20(18)36-21)24(38)33-9-10-34-27(30)31/h5-6,12-16,36H,3-4,7-11H2,1-2H3,(H3,28,29)(H,32,40)(H,33,38)(H,35,39)(H4,30,31,34). The van der Waals surface area contributed by atoms with Gasteiger partial charge in [0.05, 0.1) is 18.1 Å². The average Bonchev–Trinajstić information content (AvgIpc) is 3.51. The summed E-state index contributed by atoms with van der Waals surface area (Å²) in [6, 6.07) is 8.39. The van der Waals surface area contributed by atoms with Crippen molar-refractivity contribution in [2.24, 2.45) is 28.1 Å². The van der Waals surface area contributed by atoms with Gasteiger partial charge in [-0.2, -0.15) is 0 Å². The van der Waals surface area contributed by atoms with Gasteiger partial charge in [-0.05, 0) is 49.1 Å². The van der Waals surface area contributed by atoms with Crippen LogP contribution in [0.15, 0.2) is 41.5 Å². The first kappa shape index (κ1) is 29.7. The topological polar surface area (TPSA) is 222 Å². The zero-order valence-corrected chi connectivity index (χ0v) is 22.8. The van der Waals surface area contributed by atoms with E-state index in [1.165, 1.54) is 0 Å². The summed E-state index contributed by atoms with van der Waals surface area (Å²) in [7, 11) is 0. The van der Waals surface area contributed by atoms with Crippen molar-refractivity contribution < 1.29 is 14.4 Å². The number of carbonyl (C=O) groups excluding carboxylic acids is 3. The number of H-pyrrole nitrogens is 1. The number of nitrogens with two attached hydrogens (primary N) is 3. The summed E-state index contributed by atoms with van der Waals surface area (Å²) in [4.78, 5) is 45.3. The molecule has 214 valence electrons. The summed E-state index contributed by atoms with van der Waals surface area (Å²) >= 11 is 0. The summed E-state index contributed by atoms with van der Waals surface area (Å²) in [5.74, 6) is -0.452. The third-order valence-electron chi connectivity index (χ3n) is 6.06. The Bertz CT molecular complexity index is 1400. The highest BCUT2D eigenvalue weighted by Crippen LogP contribution is 2.21. The number of amides is 3. The van der Waals surface area contributed by atoms with E-state index in [2.05, 4.69) is 39.8 Å². The molecule has 0 saturated heterocycles. The number of nitrogens with one attached hydrogen (secondary N) is 5. The first-order valence-electron chi connectivity index (χ1n) is 13.1. The van der Waals surface area contributed by atoms with Crippen LogP contribution in [-0.2, 0) is 6.54 Å². The number of benzene rings is 1. The second kappa shape index (κ2) is 13.8. The minimum Gasteiger partial charge on any atom is -0.388 e. The van der Waals surface area contributed by atoms with E-state index in [0.717, 1.165) is 6.42 Å². The summed E-state index contributed by atoms with van der Waals surface area (Å²) in [5, 5.41) is 16.5. The number of hydrogen-bond donors (Lipinski definition) is 8. The Morgan fingerprint density at radius 1 is 1.02 bits per heavy atom. The van der Waals surface area contributed by atoms with Crippen molar-refractivity contribution in [3.8, 4) is 0 Å². The van der Waals surface area contributed by atoms with Crippen LogP contribution in [0.4, 0.5) is 5.69 Å². The molecule has 3 aromatic rings. The molecule has 2 heterocycles. The lowest BCUT2D eigenvalue weighted by Gasteiger charge is -2.11. The Balaban J connectivity index is 1.70. The highest BCUT2D eigenvalue weighted by molar-refractivity contribution is 6.07. The van der Waals surface area contributed by atoms with Gasteiger partial charge in [0.1, 0.15) is 11.4 Å². The molecule has 0 aliphatic heterocycles. The van der Waals surface area contributed by atoms with Crippen LogP contribution in [0.2, 0.25) is 0 Å². The Kier molecular flexibility index (Phi) is 10.3. The molecule has 11 N–H and O–H groups in total. The number of guanidine groups is 1. The van der Waals surface area contributed by atoms with Crippen molar-refractivity contribution in [2.75, 3.05) is 25.0 Å². The monoisotopic (exact) mass is 550 g/mol. The van der Waals surface area contributed by atoms with Crippen molar-refractivity contribution >= 4 is 46.1 Å². The first-order valence-corrected chi connectivity index (χ1v) is 13.1. The quantitative estimate of drug-likeness (QED) is 0.0847. The number of aromatic nitrogens is 2. The SMILES string of the molecule is CC(C)CCn1cc(NC(=O)c2cc3cc(C(=O)NCCN=C(N)N)ccc3[nH]2)cc1C(=O)NCCCC(=N)N. The summed E-state index contributed by atoms with van der Waals surface area (Å²) in [6.45, 7) is 5.77. The van der Waals surface area contributed by atoms with Crippen LogP contribution >= 0.6 is 0 Å². The Labute approximate surface area is 232 Å². The van der Waals surface area contributed by atoms with E-state index in [0.29, 0.717) is 65.4 Å². The number of aryl methyl sites for hydroxylation is 1. The number of nitrogens with zero attached hydrogens (tertiary/aromatic N) is 2. The second-order valence-corrected chi connectivity index (χ2v) is 9.88. The summed E-state index contributed by atoms with van der Waals surface area (Å²) in [5.41, 5.74) is 18.3. The molecule has 0 unspecified atom stereocenters. The van der Waals surface area contributed by atoms with Gasteiger partial charge in [-0.1, -0.05) is 13.8 Å². The minimum atomic E-state index is -0.381. The highest BCUT2D eigenvalue weighted by Gasteiger charge is 2.17. The van der Waals surface area contributed by atoms with Crippen molar-refractivity contribution in [3.63, 3.8) is 0 Å². The second-order valence-electron chi connectivity index (χ2n) is 9.88. The molecule has 0 atom stereocenters. The van der Waals surface area contributed by atoms with Gasteiger partial charge >= 0.3 is 0 Å². The predicted octanol–water partition coefficient (Wildman–Crippen LogP) is 1.72. The van der Waals surface area contributed by atoms with Gasteiger partial charge in [0, 0.05) is 48.7 Å². The van der Waals surface area contributed by atoms with Crippen molar-refractivity contribution in [2.45, 2.75) is 39.7 Å². The highest BCUT2D eigenvalue weighted by atomic mass is 16.2. The molecule has 1 aromatic carbocycles. The predicted molar refractivity (Wildman–Crippen MR) is 157 cm³/mol. The van der Waals surface area contributed by atoms with Gasteiger partial charge in [-0.3, -0.25) is 24.8 Å². The lowest BCUT2D eigenvalue weighted by atomic mass is 10.1. The molecule has 13 nitrogen and oxygen atoms in total. The minimum absolute atomic E-state index is 0.0402. The lowest BCUT2D eigenvalue weighted by molar-refractivity contribution is 0.0939. The van der Waals surface area contributed by atoms with E-state index in [9.17, 15) is 14.4 Å². The largest absolute Gasteiger partial charge is 0.388 e. The number of hydrogen-bond acceptors (Lipinski definition) is 5. The fourth-order valence-corrected chi connectivity index (χ4v) is 3.97. The number of carbonyl (C=O) groups is 3. The normalized spacial score (nSPS) is 10.9. The molecule has 3 amide bonds. The van der Waals surface area contributed by atoms with E-state index in [1.807, 2.05) is 4.57 Å². The number of aliphatic imine (C=N–C) groups is 1. The Morgan fingerprint density at radius 2 is 1.77 bits per heavy atom. The molecule has 0 radical (unpaired) electrons. The van der Waals surface area contributed by atoms with E-state index < -0.39 is 0 Å². The lowest BCUT2D eigenvalue weighted by Crippen LogP contribution is -2.28. The maximum Gasteiger partial charge on any atom is 0.272 e. The van der Waals surface area contributed by atoms with Gasteiger partial charge in [-0.25, -0.2) is 0 Å². The molecule has 0 aliphatic rings. The number of aromatic amines is 1. The van der Waals surface area contributed by atoms with Crippen LogP contribution in [0.1, 0.15) is 64.4 Å². The number of rotatable bonds is 14. The molecule has 0 aliphatic carbocycles. The fourth-order valence-electron chi connectivity index (χ4n) is 3.97. The van der Waals surface area contributed by atoms with Crippen LogP contribution in [0.5, 0.6) is 0 Å². The van der Waals surface area contributed by atoms with Crippen LogP contribution in [0, 0.1) is 11.3 Å². The van der Waals surface area contributed by atoms with Crippen LogP contribution < -0.4 is 33.2 Å². The molecule has 0 spiro atoms. The maximum absolute atomic E-state index is 13.1. The van der Waals surface area contributed by atoms with Crippen molar-refractivity contribution in [1.82, 2.24) is 20.2 Å². The van der Waals surface area contributed by atoms with E-state index in [1.54, 1.807) is 36.5 Å². The van der Waals surface area contributed by atoms with E-state index in [4.69, 9.17) is 22.6 Å². The molecule has 3 rings (SSSR count). The number of anilines is 1. The molecular weight excluding hydrogens is 512 g/mol. The van der Waals surface area contributed by atoms with Crippen molar-refractivity contribution in [3.05, 3.63) is 53.5 Å². The third-order valence-corrected chi connectivity index (χ3v) is 6.06. The maximum atomic E-state index is 13.1. The first-order chi connectivity index (χ1) is 19.0. The van der Waals surface area contributed by atoms with Gasteiger partial charge in [0.2, 0.25) is 0 Å². The van der Waals surface area contributed by atoms with E-state index in [-0.39, 0.29) is 42.6 Å². The number of amidine groups is 1. The van der Waals surface area contributed by atoms with Gasteiger partial charge in [0.15, 0.2) is 5.96 Å². The average molecular weight is 551 g/mol. The van der Waals surface area contributed by atoms with Gasteiger partial charge in [-0.15, -0.1) is 0 Å². The molecule has 13 heteroatoms. The zero-order valence-electron chi connectivity index (χ0n) is 22.8. The molecule has 40 heavy (non-hydrogen) atoms. The summed E-state index contributed by atoms with van der Waals surface area (Å²) < 4.78 is 1.83. The fraction of sp³-hybridized carbons (Fsp3) is 0.370. The smallest absolute Gasteiger partial charge is 0.272 e. The molecule has 0 bridgehead atoms. The molecule has 2 aromatic heterocycles. The summed E-state index contributed by atoms with van der Waals surface area (Å²) in [6.07, 6.45) is 3.59. The van der Waals surface area contributed by atoms with Crippen LogP contribution in [0.25, 0.3) is 10.9 Å². The third kappa shape index (κ3) is 8.61.